The summed E-state index contributed by atoms with van der Waals surface area (Å²) in [7, 11) is 0. The van der Waals surface area contributed by atoms with Crippen molar-refractivity contribution in [3.05, 3.63) is 66.2 Å². The molecule has 3 aromatic rings. The van der Waals surface area contributed by atoms with Gasteiger partial charge in [-0.15, -0.1) is 5.11 Å². The van der Waals surface area contributed by atoms with E-state index in [4.69, 9.17) is 0 Å². The van der Waals surface area contributed by atoms with Gasteiger partial charge in [0.15, 0.2) is 0 Å². The highest BCUT2D eigenvalue weighted by molar-refractivity contribution is 5.95. The van der Waals surface area contributed by atoms with Gasteiger partial charge in [-0.2, -0.15) is 62.2 Å². The van der Waals surface area contributed by atoms with Crippen molar-refractivity contribution >= 4 is 22.1 Å². The monoisotopic (exact) mass is 580 g/mol. The third-order valence-electron chi connectivity index (χ3n) is 5.80. The Bertz CT molecular complexity index is 1340. The molecule has 0 aliphatic carbocycles. The molecule has 0 fully saturated rings. The summed E-state index contributed by atoms with van der Waals surface area (Å²) in [5.74, 6) is -15.8. The number of halogens is 13. The van der Waals surface area contributed by atoms with E-state index >= 15 is 0 Å². The van der Waals surface area contributed by atoms with Crippen molar-refractivity contribution in [2.24, 2.45) is 15.6 Å². The van der Waals surface area contributed by atoms with Crippen LogP contribution in [0.2, 0.25) is 0 Å². The Hall–Kier alpha value is -3.59. The lowest BCUT2D eigenvalue weighted by atomic mass is 9.71. The van der Waals surface area contributed by atoms with Gasteiger partial charge in [0.25, 0.3) is 0 Å². The Labute approximate surface area is 209 Å². The molecule has 3 nitrogen and oxygen atoms in total. The lowest BCUT2D eigenvalue weighted by Gasteiger charge is -2.45. The zero-order chi connectivity index (χ0) is 29.7. The van der Waals surface area contributed by atoms with Crippen LogP contribution in [0.3, 0.4) is 0 Å². The van der Waals surface area contributed by atoms with Crippen LogP contribution >= 0.6 is 0 Å². The predicted octanol–water partition coefficient (Wildman–Crippen LogP) is 9.45. The van der Waals surface area contributed by atoms with Gasteiger partial charge >= 0.3 is 30.4 Å². The van der Waals surface area contributed by atoms with Crippen molar-refractivity contribution in [1.82, 2.24) is 0 Å². The van der Waals surface area contributed by atoms with E-state index in [1.165, 1.54) is 18.2 Å². The van der Waals surface area contributed by atoms with E-state index in [2.05, 4.69) is 10.2 Å². The van der Waals surface area contributed by atoms with Crippen LogP contribution in [-0.4, -0.2) is 35.5 Å². The van der Waals surface area contributed by atoms with Crippen LogP contribution in [0, 0.1) is 5.41 Å². The lowest BCUT2D eigenvalue weighted by Crippen LogP contribution is -2.71. The average molecular weight is 580 g/mol. The molecule has 16 heteroatoms. The summed E-state index contributed by atoms with van der Waals surface area (Å²) >= 11 is 0. The molecule has 0 radical (unpaired) electrons. The highest BCUT2D eigenvalue weighted by atomic mass is 19.4. The Morgan fingerprint density at radius 3 is 1.62 bits per heavy atom. The molecule has 212 valence electrons. The number of hydrogen-bond acceptors (Lipinski definition) is 3. The molecule has 0 saturated heterocycles. The molecular weight excluding hydrogens is 567 g/mol. The van der Waals surface area contributed by atoms with Crippen LogP contribution in [-0.2, 0) is 6.42 Å². The Morgan fingerprint density at radius 1 is 0.564 bits per heavy atom. The van der Waals surface area contributed by atoms with Gasteiger partial charge in [-0.3, -0.25) is 0 Å². The van der Waals surface area contributed by atoms with Gasteiger partial charge in [0, 0.05) is 11.8 Å². The van der Waals surface area contributed by atoms with Crippen LogP contribution in [0.4, 0.5) is 68.5 Å². The van der Waals surface area contributed by atoms with Crippen molar-refractivity contribution in [3.8, 4) is 5.75 Å². The van der Waals surface area contributed by atoms with Gasteiger partial charge in [0.05, 0.1) is 5.69 Å². The molecule has 3 aromatic carbocycles. The summed E-state index contributed by atoms with van der Waals surface area (Å²) < 4.78 is 175. The number of nitrogens with zero attached hydrogens (tertiary/aromatic N) is 2. The molecule has 0 amide bonds. The number of alkyl halides is 13. The summed E-state index contributed by atoms with van der Waals surface area (Å²) in [4.78, 5) is 0. The van der Waals surface area contributed by atoms with E-state index in [0.29, 0.717) is 35.0 Å². The molecule has 3 rings (SSSR count). The number of benzene rings is 3. The smallest absolute Gasteiger partial charge is 0.459 e. The van der Waals surface area contributed by atoms with Crippen molar-refractivity contribution in [2.45, 2.75) is 36.8 Å². The summed E-state index contributed by atoms with van der Waals surface area (Å²) in [6.07, 6.45) is -25.1. The van der Waals surface area contributed by atoms with E-state index in [0.717, 1.165) is 0 Å². The fourth-order valence-electron chi connectivity index (χ4n) is 3.72. The van der Waals surface area contributed by atoms with Crippen molar-refractivity contribution < 1.29 is 62.2 Å². The average Bonchev–Trinajstić information content (AvgIpc) is 2.80. The van der Waals surface area contributed by atoms with Gasteiger partial charge in [-0.05, 0) is 29.1 Å². The molecule has 0 heterocycles. The van der Waals surface area contributed by atoms with Crippen molar-refractivity contribution in [2.75, 3.05) is 0 Å². The van der Waals surface area contributed by atoms with E-state index in [9.17, 15) is 62.2 Å². The van der Waals surface area contributed by atoms with Crippen LogP contribution in [0.1, 0.15) is 5.56 Å². The second-order valence-electron chi connectivity index (χ2n) is 8.25. The van der Waals surface area contributed by atoms with Crippen LogP contribution < -0.4 is 0 Å². The predicted molar refractivity (Wildman–Crippen MR) is 110 cm³/mol. The van der Waals surface area contributed by atoms with Gasteiger partial charge in [0.1, 0.15) is 11.4 Å². The second kappa shape index (κ2) is 9.55. The summed E-state index contributed by atoms with van der Waals surface area (Å²) in [5.41, 5.74) is -8.53. The normalized spacial score (nSPS) is 14.4. The number of phenols is 1. The largest absolute Gasteiger partial charge is 0.506 e. The number of aromatic hydroxyl groups is 1. The quantitative estimate of drug-likeness (QED) is 0.229. The molecule has 1 N–H and O–H groups in total. The third-order valence-corrected chi connectivity index (χ3v) is 5.80. The molecule has 0 spiro atoms. The maximum absolute atomic E-state index is 14.3. The third kappa shape index (κ3) is 4.95. The first-order valence-corrected chi connectivity index (χ1v) is 10.3. The standard InChI is InChI=1S/C23H13F13N2O/c24-19(25,20(26,27)23(34,35)36)18(21(28,29)30,22(31,32)33)11-12-5-8-14(9-6-12)37-38-17-15-4-2-1-3-13(15)7-10-16(17)39/h1-10,39H,11H2. The topological polar surface area (TPSA) is 45.0 Å². The lowest BCUT2D eigenvalue weighted by molar-refractivity contribution is -0.460. The summed E-state index contributed by atoms with van der Waals surface area (Å²) in [6.45, 7) is 0. The number of azo groups is 1. The van der Waals surface area contributed by atoms with Crippen LogP contribution in [0.5, 0.6) is 5.75 Å². The van der Waals surface area contributed by atoms with Crippen molar-refractivity contribution in [3.63, 3.8) is 0 Å². The SMILES string of the molecule is Oc1ccc2ccccc2c1N=Nc1ccc(CC(C(F)(F)F)(C(F)(F)F)C(F)(F)C(F)(F)C(F)(F)F)cc1. The fraction of sp³-hybridized carbons (Fsp3) is 0.304. The molecule has 0 atom stereocenters. The minimum atomic E-state index is -7.71. The first-order valence-electron chi connectivity index (χ1n) is 10.3. The number of hydrogen-bond donors (Lipinski definition) is 1. The fourth-order valence-corrected chi connectivity index (χ4v) is 3.72. The molecule has 0 bridgehead atoms. The number of rotatable bonds is 6. The van der Waals surface area contributed by atoms with E-state index in [-0.39, 0.29) is 17.1 Å². The first kappa shape index (κ1) is 30.0. The molecule has 0 saturated carbocycles. The van der Waals surface area contributed by atoms with E-state index in [1.54, 1.807) is 18.2 Å². The summed E-state index contributed by atoms with van der Waals surface area (Å²) in [6, 6.07) is 11.3. The van der Waals surface area contributed by atoms with Crippen molar-refractivity contribution in [1.29, 1.82) is 0 Å². The molecular formula is C23H13F13N2O. The van der Waals surface area contributed by atoms with E-state index < -0.39 is 47.8 Å². The second-order valence-corrected chi connectivity index (χ2v) is 8.25. The van der Waals surface area contributed by atoms with Gasteiger partial charge in [-0.1, -0.05) is 42.5 Å². The highest BCUT2D eigenvalue weighted by Crippen LogP contribution is 2.66. The Kier molecular flexibility index (Phi) is 7.34. The zero-order valence-corrected chi connectivity index (χ0v) is 18.7. The Balaban J connectivity index is 2.06. The number of phenolic OH excluding ortho intramolecular Hbond substituents is 1. The molecule has 0 aliphatic rings. The summed E-state index contributed by atoms with van der Waals surface area (Å²) in [5, 5.41) is 18.4. The van der Waals surface area contributed by atoms with Gasteiger partial charge < -0.3 is 5.11 Å². The van der Waals surface area contributed by atoms with Gasteiger partial charge in [0.2, 0.25) is 5.41 Å². The first-order chi connectivity index (χ1) is 17.7. The highest BCUT2D eigenvalue weighted by Gasteiger charge is 2.91. The zero-order valence-electron chi connectivity index (χ0n) is 18.7. The van der Waals surface area contributed by atoms with Crippen LogP contribution in [0.15, 0.2) is 70.9 Å². The van der Waals surface area contributed by atoms with Gasteiger partial charge in [-0.25, -0.2) is 0 Å². The van der Waals surface area contributed by atoms with E-state index in [1.807, 2.05) is 0 Å². The maximum atomic E-state index is 14.3. The molecule has 0 aromatic heterocycles. The minimum absolute atomic E-state index is 0.0839. The minimum Gasteiger partial charge on any atom is -0.506 e. The van der Waals surface area contributed by atoms with Crippen LogP contribution in [0.25, 0.3) is 10.8 Å². The number of fused-ring (bicyclic) bond motifs is 1. The molecule has 39 heavy (non-hydrogen) atoms. The Morgan fingerprint density at radius 2 is 1.10 bits per heavy atom. The maximum Gasteiger partial charge on any atom is 0.459 e. The molecule has 0 aliphatic heterocycles. The molecule has 0 unspecified atom stereocenters.